The summed E-state index contributed by atoms with van der Waals surface area (Å²) in [5, 5.41) is 4.12. The van der Waals surface area contributed by atoms with Crippen molar-refractivity contribution < 1.29 is 14.3 Å². The minimum Gasteiger partial charge on any atom is -0.456 e. The van der Waals surface area contributed by atoms with Gasteiger partial charge in [0.1, 0.15) is 0 Å². The van der Waals surface area contributed by atoms with Gasteiger partial charge in [-0.25, -0.2) is 4.98 Å². The summed E-state index contributed by atoms with van der Waals surface area (Å²) >= 11 is 0. The Labute approximate surface area is 164 Å². The summed E-state index contributed by atoms with van der Waals surface area (Å²) in [4.78, 5) is 34.7. The number of hydrogen-bond donors (Lipinski definition) is 1. The van der Waals surface area contributed by atoms with Crippen LogP contribution in [0.15, 0.2) is 0 Å². The second kappa shape index (κ2) is 8.12. The zero-order valence-electron chi connectivity index (χ0n) is 16.9. The maximum Gasteiger partial charge on any atom is 0.306 e. The van der Waals surface area contributed by atoms with E-state index in [2.05, 4.69) is 28.9 Å². The second-order valence-electron chi connectivity index (χ2n) is 7.85. The van der Waals surface area contributed by atoms with Crippen LogP contribution in [-0.4, -0.2) is 56.1 Å². The zero-order chi connectivity index (χ0) is 20.4. The number of fused-ring (bicyclic) bond motifs is 1. The van der Waals surface area contributed by atoms with Crippen molar-refractivity contribution in [3.05, 3.63) is 17.0 Å². The van der Waals surface area contributed by atoms with Crippen LogP contribution < -0.4 is 5.73 Å². The van der Waals surface area contributed by atoms with E-state index in [0.29, 0.717) is 24.0 Å². The average Bonchev–Trinajstić information content (AvgIpc) is 2.99. The molecule has 0 bridgehead atoms. The predicted octanol–water partition coefficient (Wildman–Crippen LogP) is 1.30. The lowest BCUT2D eigenvalue weighted by Crippen LogP contribution is -2.44. The molecule has 9 heteroatoms. The normalized spacial score (nSPS) is 19.8. The third kappa shape index (κ3) is 4.40. The number of esters is 1. The van der Waals surface area contributed by atoms with Gasteiger partial charge in [0.05, 0.1) is 0 Å². The van der Waals surface area contributed by atoms with E-state index in [1.807, 2.05) is 13.8 Å². The number of hydrogen-bond acceptors (Lipinski definition) is 7. The van der Waals surface area contributed by atoms with E-state index in [0.717, 1.165) is 36.5 Å². The molecule has 0 aliphatic carbocycles. The number of rotatable bonds is 5. The number of anilines is 1. The van der Waals surface area contributed by atoms with E-state index in [4.69, 9.17) is 10.5 Å². The number of piperidine rings is 1. The lowest BCUT2D eigenvalue weighted by molar-refractivity contribution is -0.153. The molecule has 28 heavy (non-hydrogen) atoms. The van der Waals surface area contributed by atoms with E-state index >= 15 is 0 Å². The fourth-order valence-corrected chi connectivity index (χ4v) is 3.98. The first-order valence-electron chi connectivity index (χ1n) is 9.66. The molecule has 3 rings (SSSR count). The Bertz CT molecular complexity index is 883. The highest BCUT2D eigenvalue weighted by Crippen LogP contribution is 2.21. The maximum atomic E-state index is 12.3. The quantitative estimate of drug-likeness (QED) is 0.768. The van der Waals surface area contributed by atoms with Crippen molar-refractivity contribution >= 4 is 23.6 Å². The molecule has 1 aliphatic rings. The standard InChI is InChI=1S/C19H28N6O3/c1-11-7-12(2)9-24(8-11)16(26)10-28-17(27)6-5-15-13(3)21-19-22-18(20)23-25(19)14(15)4/h11-12H,5-10H2,1-4H3,(H2,20,23)/t11-,12+. The number of nitrogens with two attached hydrogens (primary N) is 1. The number of amides is 1. The Balaban J connectivity index is 1.54. The van der Waals surface area contributed by atoms with Crippen LogP contribution in [0.3, 0.4) is 0 Å². The van der Waals surface area contributed by atoms with Crippen molar-refractivity contribution in [2.75, 3.05) is 25.4 Å². The lowest BCUT2D eigenvalue weighted by Gasteiger charge is -2.34. The molecule has 2 aromatic rings. The maximum absolute atomic E-state index is 12.3. The number of aryl methyl sites for hydroxylation is 2. The van der Waals surface area contributed by atoms with Gasteiger partial charge in [-0.1, -0.05) is 13.8 Å². The number of carbonyl (C=O) groups is 2. The summed E-state index contributed by atoms with van der Waals surface area (Å²) in [5.41, 5.74) is 8.15. The predicted molar refractivity (Wildman–Crippen MR) is 103 cm³/mol. The zero-order valence-corrected chi connectivity index (χ0v) is 16.9. The molecule has 2 atom stereocenters. The van der Waals surface area contributed by atoms with Crippen LogP contribution in [0.2, 0.25) is 0 Å². The van der Waals surface area contributed by atoms with E-state index in [1.54, 1.807) is 9.42 Å². The van der Waals surface area contributed by atoms with Crippen LogP contribution in [0.1, 0.15) is 43.6 Å². The first-order valence-corrected chi connectivity index (χ1v) is 9.66. The minimum atomic E-state index is -0.400. The van der Waals surface area contributed by atoms with Gasteiger partial charge in [0, 0.05) is 30.9 Å². The fourth-order valence-electron chi connectivity index (χ4n) is 3.98. The number of carbonyl (C=O) groups excluding carboxylic acids is 2. The molecule has 2 aromatic heterocycles. The highest BCUT2D eigenvalue weighted by atomic mass is 16.5. The summed E-state index contributed by atoms with van der Waals surface area (Å²) in [6.07, 6.45) is 1.74. The molecule has 1 fully saturated rings. The van der Waals surface area contributed by atoms with Crippen LogP contribution in [-0.2, 0) is 20.7 Å². The van der Waals surface area contributed by atoms with E-state index in [9.17, 15) is 9.59 Å². The van der Waals surface area contributed by atoms with Gasteiger partial charge in [-0.15, -0.1) is 5.10 Å². The fraction of sp³-hybridized carbons (Fsp3) is 0.632. The van der Waals surface area contributed by atoms with Crippen molar-refractivity contribution in [1.82, 2.24) is 24.5 Å². The summed E-state index contributed by atoms with van der Waals surface area (Å²) < 4.78 is 6.79. The summed E-state index contributed by atoms with van der Waals surface area (Å²) in [6, 6.07) is 0. The molecule has 0 spiro atoms. The van der Waals surface area contributed by atoms with Crippen LogP contribution in [0.25, 0.3) is 5.78 Å². The Hall–Kier alpha value is -2.71. The summed E-state index contributed by atoms with van der Waals surface area (Å²) in [7, 11) is 0. The molecule has 2 N–H and O–H groups in total. The number of aromatic nitrogens is 4. The van der Waals surface area contributed by atoms with Gasteiger partial charge in [-0.05, 0) is 44.1 Å². The second-order valence-corrected chi connectivity index (χ2v) is 7.85. The van der Waals surface area contributed by atoms with Gasteiger partial charge in [-0.2, -0.15) is 9.50 Å². The van der Waals surface area contributed by atoms with Gasteiger partial charge in [0.15, 0.2) is 6.61 Å². The first kappa shape index (κ1) is 20.0. The number of nitrogen functional groups attached to an aromatic ring is 1. The van der Waals surface area contributed by atoms with Gasteiger partial charge >= 0.3 is 5.97 Å². The van der Waals surface area contributed by atoms with Crippen molar-refractivity contribution in [1.29, 1.82) is 0 Å². The van der Waals surface area contributed by atoms with E-state index < -0.39 is 5.97 Å². The minimum absolute atomic E-state index is 0.125. The Kier molecular flexibility index (Phi) is 5.81. The molecule has 0 saturated carbocycles. The monoisotopic (exact) mass is 388 g/mol. The number of likely N-dealkylation sites (tertiary alicyclic amines) is 1. The third-order valence-corrected chi connectivity index (χ3v) is 5.22. The number of nitrogens with zero attached hydrogens (tertiary/aromatic N) is 5. The SMILES string of the molecule is Cc1nc2nc(N)nn2c(C)c1CCC(=O)OCC(=O)N1C[C@H](C)C[C@H](C)C1. The molecule has 0 unspecified atom stereocenters. The van der Waals surface area contributed by atoms with Gasteiger partial charge in [0.2, 0.25) is 5.95 Å². The molecule has 1 amide bonds. The summed E-state index contributed by atoms with van der Waals surface area (Å²) in [6.45, 7) is 9.28. The molecule has 1 saturated heterocycles. The Morgan fingerprint density at radius 2 is 1.86 bits per heavy atom. The highest BCUT2D eigenvalue weighted by Gasteiger charge is 2.26. The third-order valence-electron chi connectivity index (χ3n) is 5.22. The average molecular weight is 388 g/mol. The van der Waals surface area contributed by atoms with Gasteiger partial charge < -0.3 is 15.4 Å². The highest BCUT2D eigenvalue weighted by molar-refractivity contribution is 5.80. The first-order chi connectivity index (χ1) is 13.2. The van der Waals surface area contributed by atoms with Crippen molar-refractivity contribution in [3.8, 4) is 0 Å². The van der Waals surface area contributed by atoms with Gasteiger partial charge in [0.25, 0.3) is 11.7 Å². The molecule has 0 aromatic carbocycles. The van der Waals surface area contributed by atoms with Crippen LogP contribution in [0.5, 0.6) is 0 Å². The smallest absolute Gasteiger partial charge is 0.306 e. The molecule has 0 radical (unpaired) electrons. The molecule has 1 aliphatic heterocycles. The Morgan fingerprint density at radius 1 is 1.18 bits per heavy atom. The topological polar surface area (TPSA) is 116 Å². The molecular formula is C19H28N6O3. The van der Waals surface area contributed by atoms with E-state index in [-0.39, 0.29) is 24.9 Å². The molecular weight excluding hydrogens is 360 g/mol. The summed E-state index contributed by atoms with van der Waals surface area (Å²) in [5.74, 6) is 1.02. The lowest BCUT2D eigenvalue weighted by atomic mass is 9.92. The van der Waals surface area contributed by atoms with Crippen LogP contribution in [0.4, 0.5) is 5.95 Å². The van der Waals surface area contributed by atoms with Crippen LogP contribution in [0, 0.1) is 25.7 Å². The van der Waals surface area contributed by atoms with Crippen LogP contribution >= 0.6 is 0 Å². The van der Waals surface area contributed by atoms with Gasteiger partial charge in [-0.3, -0.25) is 9.59 Å². The van der Waals surface area contributed by atoms with Crippen molar-refractivity contribution in [3.63, 3.8) is 0 Å². The Morgan fingerprint density at radius 3 is 2.54 bits per heavy atom. The van der Waals surface area contributed by atoms with Crippen molar-refractivity contribution in [2.45, 2.75) is 47.0 Å². The number of ether oxygens (including phenoxy) is 1. The molecule has 9 nitrogen and oxygen atoms in total. The molecule has 152 valence electrons. The molecule has 3 heterocycles. The van der Waals surface area contributed by atoms with E-state index in [1.165, 1.54) is 0 Å². The van der Waals surface area contributed by atoms with Crippen molar-refractivity contribution in [2.24, 2.45) is 11.8 Å². The largest absolute Gasteiger partial charge is 0.456 e.